The molecule has 1 aromatic heterocycles. The van der Waals surface area contributed by atoms with Crippen LogP contribution in [0.4, 0.5) is 11.4 Å². The van der Waals surface area contributed by atoms with Gasteiger partial charge in [0.15, 0.2) is 0 Å². The molecule has 0 spiro atoms. The second-order valence-electron chi connectivity index (χ2n) is 5.53. The van der Waals surface area contributed by atoms with Crippen LogP contribution >= 0.6 is 27.3 Å². The maximum Gasteiger partial charge on any atom is 0.265 e. The van der Waals surface area contributed by atoms with Crippen molar-refractivity contribution < 1.29 is 13.2 Å². The Labute approximate surface area is 158 Å². The normalized spacial score (nSPS) is 11.5. The third kappa shape index (κ3) is 4.02. The Hall–Kier alpha value is -1.90. The molecule has 0 aliphatic heterocycles. The summed E-state index contributed by atoms with van der Waals surface area (Å²) in [5, 5.41) is 3.69. The molecule has 130 valence electrons. The first-order valence-electron chi connectivity index (χ1n) is 7.28. The van der Waals surface area contributed by atoms with Gasteiger partial charge in [-0.15, -0.1) is 11.3 Å². The topological polar surface area (TPSA) is 66.5 Å². The summed E-state index contributed by atoms with van der Waals surface area (Å²) in [5.41, 5.74) is 1.26. The number of carbonyl (C=O) groups excluding carboxylic acids is 1. The molecule has 5 nitrogen and oxygen atoms in total. The third-order valence-corrected chi connectivity index (χ3v) is 6.48. The lowest BCUT2D eigenvalue weighted by atomic mass is 10.2. The van der Waals surface area contributed by atoms with Crippen LogP contribution in [0.2, 0.25) is 0 Å². The van der Waals surface area contributed by atoms with E-state index in [9.17, 15) is 13.2 Å². The van der Waals surface area contributed by atoms with E-state index in [0.717, 1.165) is 20.8 Å². The van der Waals surface area contributed by atoms with Gasteiger partial charge in [0.05, 0.1) is 16.8 Å². The Bertz CT molecular complexity index is 1060. The molecule has 0 saturated heterocycles. The highest BCUT2D eigenvalue weighted by atomic mass is 79.9. The fourth-order valence-corrected chi connectivity index (χ4v) is 4.12. The molecule has 8 heteroatoms. The Morgan fingerprint density at radius 3 is 2.60 bits per heavy atom. The van der Waals surface area contributed by atoms with E-state index in [1.54, 1.807) is 18.2 Å². The molecule has 0 fully saturated rings. The van der Waals surface area contributed by atoms with Gasteiger partial charge in [-0.1, -0.05) is 22.0 Å². The molecular formula is C17H15BrN2O3S2. The van der Waals surface area contributed by atoms with E-state index in [1.165, 1.54) is 22.7 Å². The predicted molar refractivity (Wildman–Crippen MR) is 107 cm³/mol. The largest absolute Gasteiger partial charge is 0.321 e. The first kappa shape index (κ1) is 17.9. The third-order valence-electron chi connectivity index (χ3n) is 3.67. The van der Waals surface area contributed by atoms with Crippen LogP contribution in [0.1, 0.15) is 9.67 Å². The number of hydrogen-bond acceptors (Lipinski definition) is 4. The van der Waals surface area contributed by atoms with Gasteiger partial charge in [-0.2, -0.15) is 0 Å². The Kier molecular flexibility index (Phi) is 4.86. The minimum Gasteiger partial charge on any atom is -0.321 e. The van der Waals surface area contributed by atoms with Gasteiger partial charge in [-0.3, -0.25) is 9.10 Å². The molecule has 1 heterocycles. The lowest BCUT2D eigenvalue weighted by Crippen LogP contribution is -2.24. The van der Waals surface area contributed by atoms with Crippen molar-refractivity contribution in [2.45, 2.75) is 0 Å². The van der Waals surface area contributed by atoms with Gasteiger partial charge in [-0.25, -0.2) is 8.42 Å². The van der Waals surface area contributed by atoms with E-state index in [4.69, 9.17) is 0 Å². The molecule has 3 aromatic rings. The number of rotatable bonds is 4. The molecule has 2 aromatic carbocycles. The minimum atomic E-state index is -3.33. The maximum atomic E-state index is 12.5. The molecular weight excluding hydrogens is 424 g/mol. The lowest BCUT2D eigenvalue weighted by Gasteiger charge is -2.16. The minimum absolute atomic E-state index is 0.197. The zero-order valence-electron chi connectivity index (χ0n) is 13.5. The van der Waals surface area contributed by atoms with Gasteiger partial charge >= 0.3 is 0 Å². The number of carbonyl (C=O) groups is 1. The zero-order valence-corrected chi connectivity index (χ0v) is 16.7. The molecule has 25 heavy (non-hydrogen) atoms. The number of fused-ring (bicyclic) bond motifs is 1. The van der Waals surface area contributed by atoms with Crippen molar-refractivity contribution in [2.75, 3.05) is 22.9 Å². The van der Waals surface area contributed by atoms with Gasteiger partial charge in [0.25, 0.3) is 5.91 Å². The van der Waals surface area contributed by atoms with Crippen LogP contribution in [0, 0.1) is 0 Å². The van der Waals surface area contributed by atoms with E-state index in [0.29, 0.717) is 16.3 Å². The SMILES string of the molecule is CN(c1ccc2sc(C(=O)Nc3cccc(Br)c3)cc2c1)S(C)(=O)=O. The van der Waals surface area contributed by atoms with Crippen molar-refractivity contribution in [1.82, 2.24) is 0 Å². The van der Waals surface area contributed by atoms with Crippen LogP contribution in [0.5, 0.6) is 0 Å². The molecule has 0 radical (unpaired) electrons. The summed E-state index contributed by atoms with van der Waals surface area (Å²) in [6.07, 6.45) is 1.15. The molecule has 0 bridgehead atoms. The number of halogens is 1. The summed E-state index contributed by atoms with van der Waals surface area (Å²) in [6.45, 7) is 0. The van der Waals surface area contributed by atoms with Gasteiger partial charge in [0.1, 0.15) is 0 Å². The Balaban J connectivity index is 1.89. The molecule has 0 aliphatic rings. The fraction of sp³-hybridized carbons (Fsp3) is 0.118. The lowest BCUT2D eigenvalue weighted by molar-refractivity contribution is 0.103. The van der Waals surface area contributed by atoms with E-state index < -0.39 is 10.0 Å². The van der Waals surface area contributed by atoms with E-state index in [1.807, 2.05) is 30.3 Å². The van der Waals surface area contributed by atoms with Crippen LogP contribution < -0.4 is 9.62 Å². The van der Waals surface area contributed by atoms with Crippen molar-refractivity contribution >= 4 is 64.7 Å². The van der Waals surface area contributed by atoms with E-state index >= 15 is 0 Å². The highest BCUT2D eigenvalue weighted by Gasteiger charge is 2.15. The summed E-state index contributed by atoms with van der Waals surface area (Å²) in [5.74, 6) is -0.197. The van der Waals surface area contributed by atoms with Crippen LogP contribution in [-0.4, -0.2) is 27.6 Å². The van der Waals surface area contributed by atoms with Crippen molar-refractivity contribution in [3.63, 3.8) is 0 Å². The van der Waals surface area contributed by atoms with E-state index in [2.05, 4.69) is 21.2 Å². The molecule has 1 amide bonds. The quantitative estimate of drug-likeness (QED) is 0.659. The first-order valence-corrected chi connectivity index (χ1v) is 10.7. The highest BCUT2D eigenvalue weighted by molar-refractivity contribution is 9.10. The number of amides is 1. The van der Waals surface area contributed by atoms with Crippen molar-refractivity contribution in [2.24, 2.45) is 0 Å². The highest BCUT2D eigenvalue weighted by Crippen LogP contribution is 2.30. The smallest absolute Gasteiger partial charge is 0.265 e. The number of nitrogens with zero attached hydrogens (tertiary/aromatic N) is 1. The summed E-state index contributed by atoms with van der Waals surface area (Å²) in [6, 6.07) is 14.5. The number of benzene rings is 2. The number of anilines is 2. The molecule has 0 aliphatic carbocycles. The Morgan fingerprint density at radius 1 is 1.16 bits per heavy atom. The van der Waals surface area contributed by atoms with Crippen molar-refractivity contribution in [3.8, 4) is 0 Å². The molecule has 0 unspecified atom stereocenters. The van der Waals surface area contributed by atoms with Gasteiger partial charge in [0.2, 0.25) is 10.0 Å². The van der Waals surface area contributed by atoms with Gasteiger partial charge < -0.3 is 5.32 Å². The summed E-state index contributed by atoms with van der Waals surface area (Å²) in [4.78, 5) is 13.0. The van der Waals surface area contributed by atoms with Crippen LogP contribution in [0.15, 0.2) is 53.0 Å². The summed E-state index contributed by atoms with van der Waals surface area (Å²) >= 11 is 4.74. The number of hydrogen-bond donors (Lipinski definition) is 1. The molecule has 0 atom stereocenters. The average Bonchev–Trinajstić information content (AvgIpc) is 2.96. The zero-order chi connectivity index (χ0) is 18.2. The molecule has 0 saturated carbocycles. The summed E-state index contributed by atoms with van der Waals surface area (Å²) in [7, 11) is -1.82. The van der Waals surface area contributed by atoms with E-state index in [-0.39, 0.29) is 5.91 Å². The number of nitrogens with one attached hydrogen (secondary N) is 1. The predicted octanol–water partition coefficient (Wildman–Crippen LogP) is 4.31. The number of sulfonamides is 1. The first-order chi connectivity index (χ1) is 11.7. The van der Waals surface area contributed by atoms with Crippen LogP contribution in [0.3, 0.4) is 0 Å². The fourth-order valence-electron chi connectivity index (χ4n) is 2.29. The van der Waals surface area contributed by atoms with Gasteiger partial charge in [-0.05, 0) is 47.9 Å². The second kappa shape index (κ2) is 6.78. The van der Waals surface area contributed by atoms with Crippen LogP contribution in [-0.2, 0) is 10.0 Å². The number of thiophene rings is 1. The van der Waals surface area contributed by atoms with Gasteiger partial charge in [0, 0.05) is 21.9 Å². The van der Waals surface area contributed by atoms with Crippen LogP contribution in [0.25, 0.3) is 10.1 Å². The average molecular weight is 439 g/mol. The second-order valence-corrected chi connectivity index (χ2v) is 9.54. The molecule has 3 rings (SSSR count). The summed E-state index contributed by atoms with van der Waals surface area (Å²) < 4.78 is 26.4. The van der Waals surface area contributed by atoms with Crippen molar-refractivity contribution in [1.29, 1.82) is 0 Å². The van der Waals surface area contributed by atoms with Crippen molar-refractivity contribution in [3.05, 3.63) is 57.9 Å². The standard InChI is InChI=1S/C17H15BrN2O3S2/c1-20(25(2,22)23)14-6-7-15-11(8-14)9-16(24-15)17(21)19-13-5-3-4-12(18)10-13/h3-10H,1-2H3,(H,19,21). The monoisotopic (exact) mass is 438 g/mol. The maximum absolute atomic E-state index is 12.5. The Morgan fingerprint density at radius 2 is 1.92 bits per heavy atom. The molecule has 1 N–H and O–H groups in total.